The molecule has 0 spiro atoms. The maximum atomic E-state index is 13.1. The zero-order valence-electron chi connectivity index (χ0n) is 18.8. The van der Waals surface area contributed by atoms with E-state index in [0.29, 0.717) is 25.3 Å². The summed E-state index contributed by atoms with van der Waals surface area (Å²) in [5.41, 5.74) is 2.55. The number of fused-ring (bicyclic) bond motifs is 1. The fourth-order valence-corrected chi connectivity index (χ4v) is 5.85. The number of amides is 1. The number of aryl methyl sites for hydroxylation is 2. The fraction of sp³-hybridized carbons (Fsp3) is 0.417. The number of rotatable bonds is 5. The van der Waals surface area contributed by atoms with Gasteiger partial charge in [-0.1, -0.05) is 24.3 Å². The van der Waals surface area contributed by atoms with E-state index in [2.05, 4.69) is 0 Å². The van der Waals surface area contributed by atoms with Gasteiger partial charge < -0.3 is 14.4 Å². The number of sulfonamides is 1. The summed E-state index contributed by atoms with van der Waals surface area (Å²) in [6, 6.07) is 12.1. The summed E-state index contributed by atoms with van der Waals surface area (Å²) in [6.45, 7) is 4.97. The lowest BCUT2D eigenvalue weighted by Gasteiger charge is -2.31. The largest absolute Gasteiger partial charge is 0.449 e. The molecule has 2 aliphatic heterocycles. The summed E-state index contributed by atoms with van der Waals surface area (Å²) in [7, 11) is -3.77. The maximum absolute atomic E-state index is 13.1. The molecule has 2 aliphatic rings. The van der Waals surface area contributed by atoms with Crippen molar-refractivity contribution in [1.29, 1.82) is 0 Å². The molecule has 9 heteroatoms. The molecule has 2 heterocycles. The van der Waals surface area contributed by atoms with Crippen LogP contribution < -0.4 is 4.90 Å². The molecule has 4 rings (SSSR count). The molecule has 33 heavy (non-hydrogen) atoms. The maximum Gasteiger partial charge on any atom is 0.338 e. The van der Waals surface area contributed by atoms with Crippen LogP contribution in [-0.4, -0.2) is 63.6 Å². The number of ether oxygens (including phenoxy) is 2. The van der Waals surface area contributed by atoms with E-state index in [-0.39, 0.29) is 29.5 Å². The molecule has 1 atom stereocenters. The SMILES string of the molecule is Cc1ccc(C(=O)O[C@@H](C)C(=O)N2CCCc3ccccc32)cc1S(=O)(=O)N1CCOCC1. The first-order chi connectivity index (χ1) is 15.8. The predicted octanol–water partition coefficient (Wildman–Crippen LogP) is 2.54. The van der Waals surface area contributed by atoms with Gasteiger partial charge in [-0.05, 0) is 56.0 Å². The standard InChI is InChI=1S/C24H28N2O6S/c1-17-9-10-20(16-22(17)33(29,30)25-12-14-31-15-13-25)24(28)32-18(2)23(27)26-11-5-7-19-6-3-4-8-21(19)26/h3-4,6,8-10,16,18H,5,7,11-15H2,1-2H3/t18-/m0/s1. The molecule has 0 saturated carbocycles. The number of nitrogens with zero attached hydrogens (tertiary/aromatic N) is 2. The smallest absolute Gasteiger partial charge is 0.338 e. The van der Waals surface area contributed by atoms with Crippen molar-refractivity contribution in [2.45, 2.75) is 37.7 Å². The van der Waals surface area contributed by atoms with Gasteiger partial charge in [-0.2, -0.15) is 4.31 Å². The van der Waals surface area contributed by atoms with E-state index >= 15 is 0 Å². The Hall–Kier alpha value is -2.75. The normalized spacial score (nSPS) is 17.8. The Labute approximate surface area is 194 Å². The molecule has 8 nitrogen and oxygen atoms in total. The summed E-state index contributed by atoms with van der Waals surface area (Å²) in [5.74, 6) is -1.04. The van der Waals surface area contributed by atoms with Crippen molar-refractivity contribution in [1.82, 2.24) is 4.31 Å². The van der Waals surface area contributed by atoms with E-state index < -0.39 is 22.1 Å². The topological polar surface area (TPSA) is 93.2 Å². The number of hydrogen-bond donors (Lipinski definition) is 0. The van der Waals surface area contributed by atoms with Gasteiger partial charge in [0.1, 0.15) is 0 Å². The summed E-state index contributed by atoms with van der Waals surface area (Å²) in [6.07, 6.45) is 0.728. The number of anilines is 1. The lowest BCUT2D eigenvalue weighted by atomic mass is 10.0. The number of carbonyl (C=O) groups excluding carboxylic acids is 2. The van der Waals surface area contributed by atoms with Crippen LogP contribution in [0.3, 0.4) is 0 Å². The first-order valence-corrected chi connectivity index (χ1v) is 12.5. The fourth-order valence-electron chi connectivity index (χ4n) is 4.19. The van der Waals surface area contributed by atoms with E-state index in [1.165, 1.54) is 23.4 Å². The zero-order chi connectivity index (χ0) is 23.6. The van der Waals surface area contributed by atoms with Crippen molar-refractivity contribution < 1.29 is 27.5 Å². The number of benzene rings is 2. The molecule has 1 fully saturated rings. The van der Waals surface area contributed by atoms with Crippen LogP contribution in [0.1, 0.15) is 34.8 Å². The third-order valence-corrected chi connectivity index (χ3v) is 8.06. The van der Waals surface area contributed by atoms with E-state index in [1.54, 1.807) is 17.9 Å². The second-order valence-electron chi connectivity index (χ2n) is 8.27. The van der Waals surface area contributed by atoms with Crippen LogP contribution in [0.5, 0.6) is 0 Å². The molecule has 2 aromatic rings. The number of carbonyl (C=O) groups is 2. The minimum absolute atomic E-state index is 0.0581. The Balaban J connectivity index is 1.51. The molecule has 0 radical (unpaired) electrons. The van der Waals surface area contributed by atoms with Crippen molar-refractivity contribution in [3.05, 3.63) is 59.2 Å². The summed E-state index contributed by atoms with van der Waals surface area (Å²) < 4.78 is 38.2. The number of hydrogen-bond acceptors (Lipinski definition) is 6. The van der Waals surface area contributed by atoms with Gasteiger partial charge in [-0.25, -0.2) is 13.2 Å². The Morgan fingerprint density at radius 2 is 1.79 bits per heavy atom. The van der Waals surface area contributed by atoms with Crippen LogP contribution in [0.15, 0.2) is 47.4 Å². The minimum Gasteiger partial charge on any atom is -0.449 e. The molecule has 1 saturated heterocycles. The predicted molar refractivity (Wildman–Crippen MR) is 123 cm³/mol. The molecule has 0 aliphatic carbocycles. The quantitative estimate of drug-likeness (QED) is 0.621. The third-order valence-electron chi connectivity index (χ3n) is 6.02. The van der Waals surface area contributed by atoms with E-state index in [9.17, 15) is 18.0 Å². The van der Waals surface area contributed by atoms with Gasteiger partial charge in [-0.3, -0.25) is 4.79 Å². The average molecular weight is 473 g/mol. The third kappa shape index (κ3) is 4.80. The molecule has 0 unspecified atom stereocenters. The first kappa shape index (κ1) is 23.4. The van der Waals surface area contributed by atoms with Gasteiger partial charge in [0.15, 0.2) is 6.10 Å². The summed E-state index contributed by atoms with van der Waals surface area (Å²) in [4.78, 5) is 27.6. The van der Waals surface area contributed by atoms with Crippen LogP contribution in [0.25, 0.3) is 0 Å². The summed E-state index contributed by atoms with van der Waals surface area (Å²) >= 11 is 0. The highest BCUT2D eigenvalue weighted by Gasteiger charge is 2.31. The number of morpholine rings is 1. The van der Waals surface area contributed by atoms with E-state index in [1.807, 2.05) is 24.3 Å². The Morgan fingerprint density at radius 1 is 1.06 bits per heavy atom. The number of esters is 1. The molecular formula is C24H28N2O6S. The highest BCUT2D eigenvalue weighted by Crippen LogP contribution is 2.28. The van der Waals surface area contributed by atoms with Crippen LogP contribution >= 0.6 is 0 Å². The minimum atomic E-state index is -3.77. The second kappa shape index (κ2) is 9.62. The lowest BCUT2D eigenvalue weighted by Crippen LogP contribution is -2.42. The first-order valence-electron chi connectivity index (χ1n) is 11.1. The second-order valence-corrected chi connectivity index (χ2v) is 10.2. The molecule has 0 bridgehead atoms. The van der Waals surface area contributed by atoms with Crippen LogP contribution in [0, 0.1) is 6.92 Å². The molecule has 2 aromatic carbocycles. The van der Waals surface area contributed by atoms with E-state index in [4.69, 9.17) is 9.47 Å². The molecule has 0 N–H and O–H groups in total. The van der Waals surface area contributed by atoms with Crippen LogP contribution in [-0.2, 0) is 30.7 Å². The molecule has 0 aromatic heterocycles. The average Bonchev–Trinajstić information content (AvgIpc) is 2.83. The Bertz CT molecular complexity index is 1160. The summed E-state index contributed by atoms with van der Waals surface area (Å²) in [5, 5.41) is 0. The van der Waals surface area contributed by atoms with Crippen molar-refractivity contribution in [3.8, 4) is 0 Å². The van der Waals surface area contributed by atoms with Gasteiger partial charge in [0, 0.05) is 25.3 Å². The van der Waals surface area contributed by atoms with Crippen LogP contribution in [0.2, 0.25) is 0 Å². The van der Waals surface area contributed by atoms with E-state index in [0.717, 1.165) is 24.1 Å². The Morgan fingerprint density at radius 3 is 2.55 bits per heavy atom. The molecular weight excluding hydrogens is 444 g/mol. The van der Waals surface area contributed by atoms with Gasteiger partial charge in [-0.15, -0.1) is 0 Å². The van der Waals surface area contributed by atoms with Gasteiger partial charge in [0.05, 0.1) is 23.7 Å². The Kier molecular flexibility index (Phi) is 6.83. The monoisotopic (exact) mass is 472 g/mol. The molecule has 1 amide bonds. The van der Waals surface area contributed by atoms with Gasteiger partial charge >= 0.3 is 5.97 Å². The molecule has 176 valence electrons. The van der Waals surface area contributed by atoms with Crippen LogP contribution in [0.4, 0.5) is 5.69 Å². The zero-order valence-corrected chi connectivity index (χ0v) is 19.6. The van der Waals surface area contributed by atoms with Gasteiger partial charge in [0.25, 0.3) is 5.91 Å². The van der Waals surface area contributed by atoms with Crippen molar-refractivity contribution in [2.24, 2.45) is 0 Å². The lowest BCUT2D eigenvalue weighted by molar-refractivity contribution is -0.126. The highest BCUT2D eigenvalue weighted by atomic mass is 32.2. The van der Waals surface area contributed by atoms with Crippen molar-refractivity contribution in [3.63, 3.8) is 0 Å². The number of para-hydroxylation sites is 1. The van der Waals surface area contributed by atoms with Gasteiger partial charge in [0.2, 0.25) is 10.0 Å². The van der Waals surface area contributed by atoms with Crippen molar-refractivity contribution in [2.75, 3.05) is 37.7 Å². The highest BCUT2D eigenvalue weighted by molar-refractivity contribution is 7.89. The van der Waals surface area contributed by atoms with Crippen molar-refractivity contribution >= 4 is 27.6 Å².